The van der Waals surface area contributed by atoms with Crippen molar-refractivity contribution < 1.29 is 37.9 Å². The molecule has 0 bridgehead atoms. The molecule has 0 fully saturated rings. The van der Waals surface area contributed by atoms with E-state index in [4.69, 9.17) is 17.5 Å². The molecule has 0 aromatic heterocycles. The first-order chi connectivity index (χ1) is 2.00. The third-order valence-electron chi connectivity index (χ3n) is 0. The molecule has 0 radical (unpaired) electrons. The molecule has 0 saturated heterocycles. The fourth-order valence-corrected chi connectivity index (χ4v) is 0. The fraction of sp³-hybridized carbons (Fsp3) is 0. The Hall–Kier alpha value is 2.10. The van der Waals surface area contributed by atoms with E-state index in [0.717, 1.165) is 0 Å². The maximum atomic E-state index is 8.74. The zero-order valence-corrected chi connectivity index (χ0v) is 4.81. The van der Waals surface area contributed by atoms with Crippen LogP contribution in [0.4, 0.5) is 0 Å². The largest absolute Gasteiger partial charge is 0 e. The summed E-state index contributed by atoms with van der Waals surface area (Å²) in [6.45, 7) is 0. The predicted molar refractivity (Wildman–Crippen MR) is 22.7 cm³/mol. The van der Waals surface area contributed by atoms with E-state index in [9.17, 15) is 0 Å². The molecule has 0 aromatic rings. The van der Waals surface area contributed by atoms with E-state index in [-0.39, 0.29) is 69.3 Å². The smallest absolute Gasteiger partial charge is 0 e. The second kappa shape index (κ2) is 6.23. The molecule has 7 heteroatoms. The van der Waals surface area contributed by atoms with Crippen LogP contribution in [0.25, 0.3) is 0 Å². The van der Waals surface area contributed by atoms with Gasteiger partial charge in [0.1, 0.15) is 0 Å². The molecule has 0 saturated carbocycles. The van der Waals surface area contributed by atoms with E-state index in [1.165, 1.54) is 0 Å². The summed E-state index contributed by atoms with van der Waals surface area (Å²) in [4.78, 5) is 0. The summed E-state index contributed by atoms with van der Waals surface area (Å²) in [5, 5.41) is 0. The van der Waals surface area contributed by atoms with Crippen LogP contribution in [0.1, 0.15) is 0 Å². The average molecular weight is 344 g/mol. The molecule has 4 nitrogen and oxygen atoms in total. The molecule has 0 aliphatic rings. The van der Waals surface area contributed by atoms with E-state index in [0.29, 0.717) is 0 Å². The Morgan fingerprint density at radius 2 is 1.14 bits per heavy atom. The van der Waals surface area contributed by atoms with E-state index < -0.39 is 10.4 Å². The first kappa shape index (κ1) is 16.0. The molecule has 0 spiro atoms. The predicted octanol–water partition coefficient (Wildman–Crippen LogP) is -1.57. The van der Waals surface area contributed by atoms with Gasteiger partial charge in [-0.15, -0.1) is 0 Å². The fourth-order valence-electron chi connectivity index (χ4n) is 0. The minimum Gasteiger partial charge on any atom is 0 e. The summed E-state index contributed by atoms with van der Waals surface area (Å²) >= 11 is 0. The maximum absolute atomic E-state index is 8.74. The van der Waals surface area contributed by atoms with Crippen molar-refractivity contribution in [1.29, 1.82) is 0 Å². The quantitative estimate of drug-likeness (QED) is 0.411. The molecule has 2 N–H and O–H groups in total. The Bertz CT molecular complexity index is 94.9. The minimum absolute atomic E-state index is 0. The molecule has 0 aliphatic carbocycles. The van der Waals surface area contributed by atoms with Crippen molar-refractivity contribution in [2.75, 3.05) is 0 Å². The van der Waals surface area contributed by atoms with E-state index >= 15 is 0 Å². The second-order valence-corrected chi connectivity index (χ2v) is 1.34. The first-order valence-corrected chi connectivity index (χ1v) is 2.10. The van der Waals surface area contributed by atoms with E-state index in [1.807, 2.05) is 0 Å². The van der Waals surface area contributed by atoms with Gasteiger partial charge in [0.2, 0.25) is 0 Å². The number of rotatable bonds is 0. The van der Waals surface area contributed by atoms with Crippen LogP contribution in [-0.4, -0.2) is 66.4 Å². The van der Waals surface area contributed by atoms with Crippen molar-refractivity contribution >= 4 is 59.3 Å². The summed E-state index contributed by atoms with van der Waals surface area (Å²) in [6, 6.07) is 0. The van der Waals surface area contributed by atoms with Crippen molar-refractivity contribution in [3.63, 3.8) is 0 Å². The summed E-state index contributed by atoms with van der Waals surface area (Å²) in [7, 11) is -4.67. The monoisotopic (exact) mass is 344 g/mol. The molecule has 0 aliphatic heterocycles. The molecule has 7 heavy (non-hydrogen) atoms. The molecule has 0 rings (SSSR count). The average Bonchev–Trinajstić information content (AvgIpc) is 0.722. The van der Waals surface area contributed by atoms with Crippen LogP contribution in [0.2, 0.25) is 0 Å². The molecule has 0 unspecified atom stereocenters. The van der Waals surface area contributed by atoms with Gasteiger partial charge in [-0.05, 0) is 0 Å². The molecule has 0 amide bonds. The number of hydrogen-bond acceptors (Lipinski definition) is 2. The van der Waals surface area contributed by atoms with Gasteiger partial charge in [0.05, 0.1) is 0 Å². The Morgan fingerprint density at radius 3 is 1.14 bits per heavy atom. The minimum atomic E-state index is -4.67. The SMILES string of the molecule is O=S(=O)(O)O.[BaH2].[Pd]. The summed E-state index contributed by atoms with van der Waals surface area (Å²) in [5.74, 6) is 0. The Morgan fingerprint density at radius 1 is 1.14 bits per heavy atom. The third kappa shape index (κ3) is 68.2. The van der Waals surface area contributed by atoms with Gasteiger partial charge in [-0.25, -0.2) is 0 Å². The third-order valence-corrected chi connectivity index (χ3v) is 0. The molecular formula is H4BaO4PdS. The summed E-state index contributed by atoms with van der Waals surface area (Å²) in [6.07, 6.45) is 0. The maximum Gasteiger partial charge on any atom is 0 e. The summed E-state index contributed by atoms with van der Waals surface area (Å²) < 4.78 is 31.6. The Kier molecular flexibility index (Phi) is 14.3. The Labute approximate surface area is 95.4 Å². The topological polar surface area (TPSA) is 74.6 Å². The van der Waals surface area contributed by atoms with Gasteiger partial charge in [0, 0.05) is 20.4 Å². The van der Waals surface area contributed by atoms with Gasteiger partial charge >= 0.3 is 59.3 Å². The van der Waals surface area contributed by atoms with Crippen molar-refractivity contribution in [3.05, 3.63) is 0 Å². The van der Waals surface area contributed by atoms with Crippen LogP contribution < -0.4 is 0 Å². The van der Waals surface area contributed by atoms with E-state index in [2.05, 4.69) is 0 Å². The van der Waals surface area contributed by atoms with Crippen molar-refractivity contribution in [2.24, 2.45) is 0 Å². The number of hydrogen-bond donors (Lipinski definition) is 2. The van der Waals surface area contributed by atoms with Crippen LogP contribution in [0, 0.1) is 0 Å². The molecule has 0 heterocycles. The first-order valence-electron chi connectivity index (χ1n) is 0.698. The van der Waals surface area contributed by atoms with Crippen LogP contribution >= 0.6 is 0 Å². The van der Waals surface area contributed by atoms with Crippen LogP contribution in [-0.2, 0) is 30.8 Å². The molecular weight excluding hydrogens is 340 g/mol. The van der Waals surface area contributed by atoms with Gasteiger partial charge in [0.25, 0.3) is 0 Å². The molecule has 0 atom stereocenters. The molecule has 0 aromatic carbocycles. The van der Waals surface area contributed by atoms with Crippen molar-refractivity contribution in [1.82, 2.24) is 0 Å². The van der Waals surface area contributed by atoms with E-state index in [1.54, 1.807) is 0 Å². The standard InChI is InChI=1S/Ba.H2O4S.Pd.2H/c;1-5(2,3)4;;;/h;(H2,1,2,3,4);;;. The van der Waals surface area contributed by atoms with Crippen LogP contribution in [0.5, 0.6) is 0 Å². The van der Waals surface area contributed by atoms with Gasteiger partial charge in [-0.3, -0.25) is 9.11 Å². The normalized spacial score (nSPS) is 8.29. The van der Waals surface area contributed by atoms with Gasteiger partial charge in [0.15, 0.2) is 0 Å². The van der Waals surface area contributed by atoms with Crippen LogP contribution in [0.3, 0.4) is 0 Å². The zero-order valence-electron chi connectivity index (χ0n) is 2.44. The van der Waals surface area contributed by atoms with Gasteiger partial charge < -0.3 is 0 Å². The van der Waals surface area contributed by atoms with Crippen LogP contribution in [0.15, 0.2) is 0 Å². The summed E-state index contributed by atoms with van der Waals surface area (Å²) in [5.41, 5.74) is 0. The molecule has 46 valence electrons. The van der Waals surface area contributed by atoms with Gasteiger partial charge in [-0.2, -0.15) is 8.42 Å². The zero-order chi connectivity index (χ0) is 4.50. The van der Waals surface area contributed by atoms with Crippen molar-refractivity contribution in [2.45, 2.75) is 0 Å². The van der Waals surface area contributed by atoms with Gasteiger partial charge in [-0.1, -0.05) is 0 Å². The second-order valence-electron chi connectivity index (χ2n) is 0.448. The van der Waals surface area contributed by atoms with Crippen molar-refractivity contribution in [3.8, 4) is 0 Å². The Balaban J connectivity index is -0.0000000800.